The van der Waals surface area contributed by atoms with Crippen LogP contribution in [0.2, 0.25) is 0 Å². The fourth-order valence-corrected chi connectivity index (χ4v) is 2.75. The minimum Gasteiger partial charge on any atom is -0.508 e. The highest BCUT2D eigenvalue weighted by molar-refractivity contribution is 5.87. The molecule has 1 aromatic heterocycles. The quantitative estimate of drug-likeness (QED) is 0.803. The number of benzene rings is 1. The monoisotopic (exact) mass is 271 g/mol. The molecular formula is C15H17N3O2. The molecule has 20 heavy (non-hydrogen) atoms. The highest BCUT2D eigenvalue weighted by atomic mass is 16.3. The molecular weight excluding hydrogens is 254 g/mol. The van der Waals surface area contributed by atoms with E-state index in [2.05, 4.69) is 15.5 Å². The summed E-state index contributed by atoms with van der Waals surface area (Å²) in [6, 6.07) is 9.38. The maximum Gasteiger partial charge on any atom is 0.222 e. The standard InChI is InChI=1S/C15H17N3O2/c1-9(19)16-15-8-13(17-18-15)11-6-10(7-11)12-4-2-3-5-14(12)20/h2-5,8,10-11,20H,6-7H2,1H3,(H2,16,17,18,19). The van der Waals surface area contributed by atoms with Gasteiger partial charge < -0.3 is 10.4 Å². The number of nitrogens with one attached hydrogen (secondary N) is 2. The molecule has 0 radical (unpaired) electrons. The van der Waals surface area contributed by atoms with E-state index in [4.69, 9.17) is 0 Å². The molecule has 0 unspecified atom stereocenters. The maximum atomic E-state index is 11.0. The molecule has 5 heteroatoms. The van der Waals surface area contributed by atoms with Gasteiger partial charge in [-0.1, -0.05) is 18.2 Å². The second-order valence-corrected chi connectivity index (χ2v) is 5.31. The van der Waals surface area contributed by atoms with Gasteiger partial charge in [-0.25, -0.2) is 0 Å². The number of hydrogen-bond acceptors (Lipinski definition) is 3. The molecule has 104 valence electrons. The number of carbonyl (C=O) groups is 1. The van der Waals surface area contributed by atoms with E-state index in [1.54, 1.807) is 6.07 Å². The van der Waals surface area contributed by atoms with Crippen molar-refractivity contribution in [2.75, 3.05) is 5.32 Å². The molecule has 0 aliphatic heterocycles. The SMILES string of the molecule is CC(=O)Nc1cc(C2CC(c3ccccc3O)C2)[nH]n1. The number of H-pyrrole nitrogens is 1. The summed E-state index contributed by atoms with van der Waals surface area (Å²) in [5.41, 5.74) is 2.06. The van der Waals surface area contributed by atoms with E-state index >= 15 is 0 Å². The van der Waals surface area contributed by atoms with Gasteiger partial charge in [-0.3, -0.25) is 9.89 Å². The van der Waals surface area contributed by atoms with E-state index < -0.39 is 0 Å². The van der Waals surface area contributed by atoms with E-state index in [9.17, 15) is 9.90 Å². The molecule has 0 spiro atoms. The van der Waals surface area contributed by atoms with Gasteiger partial charge in [-0.15, -0.1) is 0 Å². The number of phenolic OH excluding ortho intramolecular Hbond substituents is 1. The Labute approximate surface area is 117 Å². The van der Waals surface area contributed by atoms with Crippen LogP contribution in [0.5, 0.6) is 5.75 Å². The van der Waals surface area contributed by atoms with Crippen molar-refractivity contribution in [3.63, 3.8) is 0 Å². The van der Waals surface area contributed by atoms with Crippen LogP contribution < -0.4 is 5.32 Å². The van der Waals surface area contributed by atoms with Crippen LogP contribution in [0.4, 0.5) is 5.82 Å². The van der Waals surface area contributed by atoms with E-state index in [0.29, 0.717) is 23.4 Å². The van der Waals surface area contributed by atoms with Crippen LogP contribution in [0.15, 0.2) is 30.3 Å². The number of aromatic nitrogens is 2. The molecule has 1 heterocycles. The van der Waals surface area contributed by atoms with Crippen molar-refractivity contribution in [1.29, 1.82) is 0 Å². The summed E-state index contributed by atoms with van der Waals surface area (Å²) >= 11 is 0. The summed E-state index contributed by atoms with van der Waals surface area (Å²) < 4.78 is 0. The fraction of sp³-hybridized carbons (Fsp3) is 0.333. The Kier molecular flexibility index (Phi) is 3.18. The normalized spacial score (nSPS) is 21.2. The zero-order valence-corrected chi connectivity index (χ0v) is 11.3. The molecule has 0 bridgehead atoms. The molecule has 1 aliphatic carbocycles. The second-order valence-electron chi connectivity index (χ2n) is 5.31. The van der Waals surface area contributed by atoms with Crippen molar-refractivity contribution in [2.24, 2.45) is 0 Å². The number of aromatic amines is 1. The molecule has 1 aliphatic rings. The highest BCUT2D eigenvalue weighted by Crippen LogP contribution is 2.49. The minimum atomic E-state index is -0.122. The van der Waals surface area contributed by atoms with Gasteiger partial charge in [0.15, 0.2) is 5.82 Å². The summed E-state index contributed by atoms with van der Waals surface area (Å²) in [6.45, 7) is 1.46. The predicted octanol–water partition coefficient (Wildman–Crippen LogP) is 2.73. The van der Waals surface area contributed by atoms with E-state index in [1.165, 1.54) is 6.92 Å². The van der Waals surface area contributed by atoms with Gasteiger partial charge in [-0.05, 0) is 30.4 Å². The van der Waals surface area contributed by atoms with E-state index in [-0.39, 0.29) is 5.91 Å². The average Bonchev–Trinajstić information content (AvgIpc) is 2.77. The van der Waals surface area contributed by atoms with Gasteiger partial charge in [-0.2, -0.15) is 5.10 Å². The lowest BCUT2D eigenvalue weighted by molar-refractivity contribution is -0.114. The number of nitrogens with zero attached hydrogens (tertiary/aromatic N) is 1. The number of amides is 1. The number of hydrogen-bond donors (Lipinski definition) is 3. The molecule has 1 fully saturated rings. The lowest BCUT2D eigenvalue weighted by atomic mass is 9.70. The Hall–Kier alpha value is -2.30. The van der Waals surface area contributed by atoms with Gasteiger partial charge in [0.05, 0.1) is 0 Å². The average molecular weight is 271 g/mol. The topological polar surface area (TPSA) is 78.0 Å². The number of rotatable bonds is 3. The Morgan fingerprint density at radius 1 is 1.35 bits per heavy atom. The summed E-state index contributed by atoms with van der Waals surface area (Å²) in [4.78, 5) is 11.0. The smallest absolute Gasteiger partial charge is 0.222 e. The first-order chi connectivity index (χ1) is 9.63. The van der Waals surface area contributed by atoms with E-state index in [0.717, 1.165) is 24.1 Å². The van der Waals surface area contributed by atoms with Gasteiger partial charge in [0.2, 0.25) is 5.91 Å². The maximum absolute atomic E-state index is 11.0. The molecule has 5 nitrogen and oxygen atoms in total. The van der Waals surface area contributed by atoms with Gasteiger partial charge in [0.25, 0.3) is 0 Å². The van der Waals surface area contributed by atoms with Gasteiger partial charge in [0, 0.05) is 24.6 Å². The van der Waals surface area contributed by atoms with Crippen LogP contribution in [-0.2, 0) is 4.79 Å². The Morgan fingerprint density at radius 2 is 2.10 bits per heavy atom. The number of phenols is 1. The lowest BCUT2D eigenvalue weighted by Gasteiger charge is -2.35. The highest BCUT2D eigenvalue weighted by Gasteiger charge is 2.33. The zero-order chi connectivity index (χ0) is 14.1. The number of carbonyl (C=O) groups excluding carboxylic acids is 1. The Bertz CT molecular complexity index is 630. The first kappa shape index (κ1) is 12.7. The van der Waals surface area contributed by atoms with Crippen molar-refractivity contribution in [1.82, 2.24) is 10.2 Å². The minimum absolute atomic E-state index is 0.122. The summed E-state index contributed by atoms with van der Waals surface area (Å²) in [5, 5.41) is 19.5. The lowest BCUT2D eigenvalue weighted by Crippen LogP contribution is -2.20. The van der Waals surface area contributed by atoms with Crippen LogP contribution in [0.3, 0.4) is 0 Å². The molecule has 3 rings (SSSR count). The van der Waals surface area contributed by atoms with Crippen molar-refractivity contribution in [3.8, 4) is 5.75 Å². The molecule has 1 aromatic carbocycles. The Morgan fingerprint density at radius 3 is 2.80 bits per heavy atom. The number of para-hydroxylation sites is 1. The number of aromatic hydroxyl groups is 1. The summed E-state index contributed by atoms with van der Waals surface area (Å²) in [5.74, 6) is 1.63. The van der Waals surface area contributed by atoms with Crippen LogP contribution in [0, 0.1) is 0 Å². The molecule has 3 N–H and O–H groups in total. The van der Waals surface area contributed by atoms with E-state index in [1.807, 2.05) is 24.3 Å². The third-order valence-corrected chi connectivity index (χ3v) is 3.86. The Balaban J connectivity index is 1.64. The molecule has 1 saturated carbocycles. The molecule has 1 amide bonds. The zero-order valence-electron chi connectivity index (χ0n) is 11.3. The van der Waals surface area contributed by atoms with Gasteiger partial charge in [0.1, 0.15) is 5.75 Å². The van der Waals surface area contributed by atoms with Gasteiger partial charge >= 0.3 is 0 Å². The molecule has 0 atom stereocenters. The first-order valence-corrected chi connectivity index (χ1v) is 6.74. The van der Waals surface area contributed by atoms with Crippen molar-refractivity contribution in [2.45, 2.75) is 31.6 Å². The van der Waals surface area contributed by atoms with Crippen molar-refractivity contribution < 1.29 is 9.90 Å². The number of anilines is 1. The van der Waals surface area contributed by atoms with Crippen LogP contribution >= 0.6 is 0 Å². The van der Waals surface area contributed by atoms with Crippen molar-refractivity contribution >= 4 is 11.7 Å². The summed E-state index contributed by atoms with van der Waals surface area (Å²) in [6.07, 6.45) is 1.97. The molecule has 0 saturated heterocycles. The summed E-state index contributed by atoms with van der Waals surface area (Å²) in [7, 11) is 0. The largest absolute Gasteiger partial charge is 0.508 e. The van der Waals surface area contributed by atoms with Crippen LogP contribution in [0.1, 0.15) is 42.9 Å². The predicted molar refractivity (Wildman–Crippen MR) is 75.7 cm³/mol. The fourth-order valence-electron chi connectivity index (χ4n) is 2.75. The third kappa shape index (κ3) is 2.39. The molecule has 2 aromatic rings. The van der Waals surface area contributed by atoms with Crippen LogP contribution in [0.25, 0.3) is 0 Å². The van der Waals surface area contributed by atoms with Crippen LogP contribution in [-0.4, -0.2) is 21.2 Å². The first-order valence-electron chi connectivity index (χ1n) is 6.74. The third-order valence-electron chi connectivity index (χ3n) is 3.86. The van der Waals surface area contributed by atoms with Crippen molar-refractivity contribution in [3.05, 3.63) is 41.6 Å². The second kappa shape index (κ2) is 5.00.